The van der Waals surface area contributed by atoms with Gasteiger partial charge in [0.1, 0.15) is 6.10 Å². The summed E-state index contributed by atoms with van der Waals surface area (Å²) in [6.45, 7) is 4.12. The van der Waals surface area contributed by atoms with Crippen LogP contribution in [-0.4, -0.2) is 10.1 Å². The quantitative estimate of drug-likeness (QED) is 0.897. The summed E-state index contributed by atoms with van der Waals surface area (Å²) in [7, 11) is 0. The lowest BCUT2D eigenvalue weighted by molar-refractivity contribution is 0.224. The molecule has 17 heavy (non-hydrogen) atoms. The van der Waals surface area contributed by atoms with Crippen LogP contribution in [0, 0.1) is 6.92 Å². The summed E-state index contributed by atoms with van der Waals surface area (Å²) >= 11 is 1.55. The van der Waals surface area contributed by atoms with Crippen LogP contribution in [0.3, 0.4) is 0 Å². The fourth-order valence-corrected chi connectivity index (χ4v) is 2.68. The minimum atomic E-state index is -0.544. The van der Waals surface area contributed by atoms with Gasteiger partial charge in [0.2, 0.25) is 0 Å². The van der Waals surface area contributed by atoms with Crippen molar-refractivity contribution in [1.82, 2.24) is 4.98 Å². The minimum Gasteiger partial charge on any atom is -0.383 e. The number of aliphatic hydroxyl groups excluding tert-OH is 1. The van der Waals surface area contributed by atoms with Gasteiger partial charge in [0.15, 0.2) is 0 Å². The molecule has 2 aromatic rings. The summed E-state index contributed by atoms with van der Waals surface area (Å²) in [5.74, 6) is 0. The highest BCUT2D eigenvalue weighted by Gasteiger charge is 2.13. The monoisotopic (exact) mass is 247 g/mol. The normalized spacial score (nSPS) is 12.6. The van der Waals surface area contributed by atoms with Crippen molar-refractivity contribution in [3.05, 3.63) is 51.5 Å². The lowest BCUT2D eigenvalue weighted by atomic mass is 10.0. The van der Waals surface area contributed by atoms with Gasteiger partial charge in [0.05, 0.1) is 9.88 Å². The molecule has 0 radical (unpaired) electrons. The van der Waals surface area contributed by atoms with Crippen LogP contribution in [0.1, 0.15) is 40.5 Å². The molecule has 0 bridgehead atoms. The molecule has 1 atom stereocenters. The van der Waals surface area contributed by atoms with Crippen molar-refractivity contribution in [2.45, 2.75) is 32.8 Å². The van der Waals surface area contributed by atoms with Crippen LogP contribution < -0.4 is 0 Å². The number of hydrogen-bond acceptors (Lipinski definition) is 3. The fourth-order valence-electron chi connectivity index (χ4n) is 1.88. The Morgan fingerprint density at radius 3 is 2.88 bits per heavy atom. The fraction of sp³-hybridized carbons (Fsp3) is 0.357. The highest BCUT2D eigenvalue weighted by Crippen LogP contribution is 2.27. The first-order chi connectivity index (χ1) is 8.20. The van der Waals surface area contributed by atoms with Crippen molar-refractivity contribution in [2.75, 3.05) is 0 Å². The number of nitrogens with zero attached hydrogens (tertiary/aromatic N) is 1. The van der Waals surface area contributed by atoms with Crippen molar-refractivity contribution < 1.29 is 5.11 Å². The van der Waals surface area contributed by atoms with Crippen molar-refractivity contribution in [3.8, 4) is 0 Å². The maximum Gasteiger partial charge on any atom is 0.115 e. The number of aliphatic hydroxyl groups is 1. The summed E-state index contributed by atoms with van der Waals surface area (Å²) < 4.78 is 0. The molecule has 1 N–H and O–H groups in total. The maximum atomic E-state index is 10.3. The van der Waals surface area contributed by atoms with Gasteiger partial charge in [-0.1, -0.05) is 37.6 Å². The van der Waals surface area contributed by atoms with Crippen LogP contribution in [0.4, 0.5) is 0 Å². The van der Waals surface area contributed by atoms with E-state index in [1.807, 2.05) is 19.1 Å². The Labute approximate surface area is 106 Å². The van der Waals surface area contributed by atoms with Crippen molar-refractivity contribution in [3.63, 3.8) is 0 Å². The Hall–Kier alpha value is -1.19. The second-order valence-electron chi connectivity index (χ2n) is 4.18. The minimum absolute atomic E-state index is 0.544. The van der Waals surface area contributed by atoms with Gasteiger partial charge in [-0.05, 0) is 24.5 Å². The van der Waals surface area contributed by atoms with E-state index in [4.69, 9.17) is 0 Å². The van der Waals surface area contributed by atoms with Gasteiger partial charge in [-0.2, -0.15) is 0 Å². The van der Waals surface area contributed by atoms with Gasteiger partial charge in [0, 0.05) is 6.20 Å². The highest BCUT2D eigenvalue weighted by atomic mass is 32.1. The molecule has 0 saturated heterocycles. The van der Waals surface area contributed by atoms with E-state index in [0.717, 1.165) is 28.3 Å². The van der Waals surface area contributed by atoms with Gasteiger partial charge < -0.3 is 5.11 Å². The van der Waals surface area contributed by atoms with E-state index < -0.39 is 6.10 Å². The number of aromatic nitrogens is 1. The first kappa shape index (κ1) is 12.3. The maximum absolute atomic E-state index is 10.3. The molecule has 0 saturated carbocycles. The lowest BCUT2D eigenvalue weighted by Crippen LogP contribution is -1.98. The van der Waals surface area contributed by atoms with E-state index in [2.05, 4.69) is 24.0 Å². The SMILES string of the molecule is CCCc1cccc(C(O)c2cnc(C)s2)c1. The Morgan fingerprint density at radius 2 is 2.24 bits per heavy atom. The largest absolute Gasteiger partial charge is 0.383 e. The molecular formula is C14H17NOS. The van der Waals surface area contributed by atoms with E-state index in [0.29, 0.717) is 0 Å². The molecule has 0 aliphatic carbocycles. The molecule has 0 aliphatic rings. The lowest BCUT2D eigenvalue weighted by Gasteiger charge is -2.10. The second-order valence-corrected chi connectivity index (χ2v) is 5.45. The molecule has 2 nitrogen and oxygen atoms in total. The highest BCUT2D eigenvalue weighted by molar-refractivity contribution is 7.11. The second kappa shape index (κ2) is 5.43. The summed E-state index contributed by atoms with van der Waals surface area (Å²) in [6, 6.07) is 8.18. The summed E-state index contributed by atoms with van der Waals surface area (Å²) in [5, 5.41) is 11.3. The number of benzene rings is 1. The molecule has 1 unspecified atom stereocenters. The van der Waals surface area contributed by atoms with E-state index in [1.54, 1.807) is 17.5 Å². The van der Waals surface area contributed by atoms with Crippen molar-refractivity contribution in [1.29, 1.82) is 0 Å². The van der Waals surface area contributed by atoms with Gasteiger partial charge in [-0.25, -0.2) is 4.98 Å². The summed E-state index contributed by atoms with van der Waals surface area (Å²) in [5.41, 5.74) is 2.24. The van der Waals surface area contributed by atoms with Crippen LogP contribution >= 0.6 is 11.3 Å². The van der Waals surface area contributed by atoms with Gasteiger partial charge in [-0.15, -0.1) is 11.3 Å². The average molecular weight is 247 g/mol. The third kappa shape index (κ3) is 2.93. The van der Waals surface area contributed by atoms with Crippen LogP contribution in [-0.2, 0) is 6.42 Å². The van der Waals surface area contributed by atoms with Crippen LogP contribution in [0.15, 0.2) is 30.5 Å². The van der Waals surface area contributed by atoms with E-state index in [-0.39, 0.29) is 0 Å². The molecule has 1 aromatic carbocycles. The Bertz CT molecular complexity index is 492. The van der Waals surface area contributed by atoms with Gasteiger partial charge >= 0.3 is 0 Å². The van der Waals surface area contributed by atoms with Gasteiger partial charge in [0.25, 0.3) is 0 Å². The standard InChI is InChI=1S/C14H17NOS/c1-3-5-11-6-4-7-12(8-11)14(16)13-9-15-10(2)17-13/h4,6-9,14,16H,3,5H2,1-2H3. The van der Waals surface area contributed by atoms with E-state index in [9.17, 15) is 5.11 Å². The van der Waals surface area contributed by atoms with Gasteiger partial charge in [-0.3, -0.25) is 0 Å². The molecule has 1 heterocycles. The summed E-state index contributed by atoms with van der Waals surface area (Å²) in [6.07, 6.45) is 3.40. The third-order valence-electron chi connectivity index (χ3n) is 2.71. The van der Waals surface area contributed by atoms with Crippen molar-refractivity contribution >= 4 is 11.3 Å². The topological polar surface area (TPSA) is 33.1 Å². The zero-order valence-electron chi connectivity index (χ0n) is 10.2. The summed E-state index contributed by atoms with van der Waals surface area (Å²) in [4.78, 5) is 5.09. The Balaban J connectivity index is 2.24. The van der Waals surface area contributed by atoms with Crippen LogP contribution in [0.25, 0.3) is 0 Å². The van der Waals surface area contributed by atoms with E-state index >= 15 is 0 Å². The molecule has 3 heteroatoms. The predicted octanol–water partition coefficient (Wildman–Crippen LogP) is 3.49. The number of hydrogen-bond donors (Lipinski definition) is 1. The first-order valence-electron chi connectivity index (χ1n) is 5.90. The molecule has 0 spiro atoms. The Morgan fingerprint density at radius 1 is 1.41 bits per heavy atom. The smallest absolute Gasteiger partial charge is 0.115 e. The molecule has 0 fully saturated rings. The molecule has 0 amide bonds. The number of thiazole rings is 1. The number of aryl methyl sites for hydroxylation is 2. The first-order valence-corrected chi connectivity index (χ1v) is 6.71. The molecule has 2 rings (SSSR count). The third-order valence-corrected chi connectivity index (χ3v) is 3.68. The molecular weight excluding hydrogens is 230 g/mol. The van der Waals surface area contributed by atoms with E-state index in [1.165, 1.54) is 5.56 Å². The predicted molar refractivity (Wildman–Crippen MR) is 71.3 cm³/mol. The van der Waals surface area contributed by atoms with Crippen LogP contribution in [0.5, 0.6) is 0 Å². The Kier molecular flexibility index (Phi) is 3.92. The molecule has 1 aromatic heterocycles. The zero-order valence-corrected chi connectivity index (χ0v) is 11.0. The average Bonchev–Trinajstić information content (AvgIpc) is 2.76. The van der Waals surface area contributed by atoms with Crippen molar-refractivity contribution in [2.24, 2.45) is 0 Å². The zero-order chi connectivity index (χ0) is 12.3. The molecule has 0 aliphatic heterocycles. The number of rotatable bonds is 4. The van der Waals surface area contributed by atoms with Crippen LogP contribution in [0.2, 0.25) is 0 Å². The molecule has 90 valence electrons.